The summed E-state index contributed by atoms with van der Waals surface area (Å²) in [6.07, 6.45) is 1.57. The SMILES string of the molecule is CC(C)C[C@H](N)C(=O)NCCCSc1ccc(F)cc1. The van der Waals surface area contributed by atoms with Gasteiger partial charge in [-0.3, -0.25) is 4.79 Å². The first-order chi connectivity index (χ1) is 9.49. The average molecular weight is 298 g/mol. The van der Waals surface area contributed by atoms with Crippen molar-refractivity contribution in [3.05, 3.63) is 30.1 Å². The van der Waals surface area contributed by atoms with Gasteiger partial charge in [-0.25, -0.2) is 4.39 Å². The van der Waals surface area contributed by atoms with Gasteiger partial charge in [-0.2, -0.15) is 0 Å². The maximum absolute atomic E-state index is 12.7. The second kappa shape index (κ2) is 8.97. The van der Waals surface area contributed by atoms with Crippen molar-refractivity contribution in [2.24, 2.45) is 11.7 Å². The zero-order chi connectivity index (χ0) is 15.0. The van der Waals surface area contributed by atoms with Crippen LogP contribution in [0.4, 0.5) is 4.39 Å². The minimum atomic E-state index is -0.417. The molecule has 0 saturated carbocycles. The van der Waals surface area contributed by atoms with Gasteiger partial charge in [0, 0.05) is 11.4 Å². The highest BCUT2D eigenvalue weighted by atomic mass is 32.2. The Hall–Kier alpha value is -1.07. The molecule has 0 fully saturated rings. The number of rotatable bonds is 8. The van der Waals surface area contributed by atoms with Crippen LogP contribution in [0, 0.1) is 11.7 Å². The lowest BCUT2D eigenvalue weighted by atomic mass is 10.0. The van der Waals surface area contributed by atoms with E-state index in [1.807, 2.05) is 13.8 Å². The molecule has 112 valence electrons. The van der Waals surface area contributed by atoms with Crippen molar-refractivity contribution in [1.82, 2.24) is 5.32 Å². The molecule has 20 heavy (non-hydrogen) atoms. The van der Waals surface area contributed by atoms with Gasteiger partial charge in [0.15, 0.2) is 0 Å². The van der Waals surface area contributed by atoms with Crippen LogP contribution < -0.4 is 11.1 Å². The number of carbonyl (C=O) groups is 1. The van der Waals surface area contributed by atoms with Crippen molar-refractivity contribution in [3.8, 4) is 0 Å². The normalized spacial score (nSPS) is 12.4. The van der Waals surface area contributed by atoms with Crippen LogP contribution in [0.1, 0.15) is 26.7 Å². The molecule has 0 radical (unpaired) electrons. The summed E-state index contributed by atoms with van der Waals surface area (Å²) >= 11 is 1.65. The molecule has 0 aliphatic carbocycles. The van der Waals surface area contributed by atoms with Gasteiger partial charge in [0.25, 0.3) is 0 Å². The van der Waals surface area contributed by atoms with Gasteiger partial charge >= 0.3 is 0 Å². The van der Waals surface area contributed by atoms with Crippen molar-refractivity contribution in [1.29, 1.82) is 0 Å². The molecule has 1 rings (SSSR count). The van der Waals surface area contributed by atoms with Gasteiger partial charge < -0.3 is 11.1 Å². The number of thioether (sulfide) groups is 1. The molecule has 0 heterocycles. The second-order valence-corrected chi connectivity index (χ2v) is 6.35. The molecule has 0 aliphatic rings. The van der Waals surface area contributed by atoms with Crippen molar-refractivity contribution in [3.63, 3.8) is 0 Å². The number of hydrogen-bond donors (Lipinski definition) is 2. The first-order valence-electron chi connectivity index (χ1n) is 6.90. The monoisotopic (exact) mass is 298 g/mol. The molecule has 1 amide bonds. The zero-order valence-electron chi connectivity index (χ0n) is 12.1. The van der Waals surface area contributed by atoms with Gasteiger partial charge in [-0.1, -0.05) is 13.8 Å². The summed E-state index contributed by atoms with van der Waals surface area (Å²) in [7, 11) is 0. The van der Waals surface area contributed by atoms with Crippen LogP contribution in [0.5, 0.6) is 0 Å². The van der Waals surface area contributed by atoms with E-state index in [4.69, 9.17) is 5.73 Å². The molecule has 1 aromatic rings. The van der Waals surface area contributed by atoms with E-state index in [9.17, 15) is 9.18 Å². The standard InChI is InChI=1S/C15H23FN2OS/c1-11(2)10-14(17)15(19)18-8-3-9-20-13-6-4-12(16)5-7-13/h4-7,11,14H,3,8-10,17H2,1-2H3,(H,18,19)/t14-/m0/s1. The van der Waals surface area contributed by atoms with Crippen LogP contribution in [-0.4, -0.2) is 24.2 Å². The van der Waals surface area contributed by atoms with Crippen molar-refractivity contribution >= 4 is 17.7 Å². The third-order valence-corrected chi connectivity index (χ3v) is 3.86. The summed E-state index contributed by atoms with van der Waals surface area (Å²) in [5.41, 5.74) is 5.79. The van der Waals surface area contributed by atoms with E-state index in [0.29, 0.717) is 18.9 Å². The average Bonchev–Trinajstić information content (AvgIpc) is 2.39. The maximum Gasteiger partial charge on any atom is 0.236 e. The minimum Gasteiger partial charge on any atom is -0.355 e. The molecule has 5 heteroatoms. The van der Waals surface area contributed by atoms with E-state index in [2.05, 4.69) is 5.32 Å². The maximum atomic E-state index is 12.7. The van der Waals surface area contributed by atoms with Gasteiger partial charge in [0.05, 0.1) is 6.04 Å². The lowest BCUT2D eigenvalue weighted by Gasteiger charge is -2.13. The molecule has 0 saturated heterocycles. The van der Waals surface area contributed by atoms with Crippen LogP contribution in [-0.2, 0) is 4.79 Å². The van der Waals surface area contributed by atoms with Crippen LogP contribution >= 0.6 is 11.8 Å². The molecule has 0 aliphatic heterocycles. The Morgan fingerprint density at radius 2 is 2.00 bits per heavy atom. The largest absolute Gasteiger partial charge is 0.355 e. The van der Waals surface area contributed by atoms with E-state index in [-0.39, 0.29) is 11.7 Å². The smallest absolute Gasteiger partial charge is 0.236 e. The van der Waals surface area contributed by atoms with Crippen LogP contribution in [0.2, 0.25) is 0 Å². The topological polar surface area (TPSA) is 55.1 Å². The molecular weight excluding hydrogens is 275 g/mol. The molecule has 0 aromatic heterocycles. The van der Waals surface area contributed by atoms with Crippen molar-refractivity contribution in [2.45, 2.75) is 37.6 Å². The molecule has 1 aromatic carbocycles. The second-order valence-electron chi connectivity index (χ2n) is 5.18. The number of carbonyl (C=O) groups excluding carboxylic acids is 1. The fraction of sp³-hybridized carbons (Fsp3) is 0.533. The third kappa shape index (κ3) is 6.91. The Morgan fingerprint density at radius 3 is 2.60 bits per heavy atom. The van der Waals surface area contributed by atoms with E-state index in [1.54, 1.807) is 23.9 Å². The summed E-state index contributed by atoms with van der Waals surface area (Å²) in [6, 6.07) is 6.01. The quantitative estimate of drug-likeness (QED) is 0.573. The molecule has 0 bridgehead atoms. The van der Waals surface area contributed by atoms with E-state index in [0.717, 1.165) is 17.1 Å². The Morgan fingerprint density at radius 1 is 1.35 bits per heavy atom. The molecule has 3 nitrogen and oxygen atoms in total. The number of nitrogens with two attached hydrogens (primary N) is 1. The molecule has 0 unspecified atom stereocenters. The summed E-state index contributed by atoms with van der Waals surface area (Å²) in [5, 5.41) is 2.85. The van der Waals surface area contributed by atoms with Crippen molar-refractivity contribution < 1.29 is 9.18 Å². The van der Waals surface area contributed by atoms with Crippen LogP contribution in [0.25, 0.3) is 0 Å². The first-order valence-corrected chi connectivity index (χ1v) is 7.89. The summed E-state index contributed by atoms with van der Waals surface area (Å²) in [4.78, 5) is 12.7. The summed E-state index contributed by atoms with van der Waals surface area (Å²) in [5.74, 6) is 1.00. The fourth-order valence-electron chi connectivity index (χ4n) is 1.75. The number of halogens is 1. The highest BCUT2D eigenvalue weighted by Gasteiger charge is 2.13. The van der Waals surface area contributed by atoms with Crippen LogP contribution in [0.3, 0.4) is 0 Å². The predicted octanol–water partition coefficient (Wildman–Crippen LogP) is 2.80. The summed E-state index contributed by atoms with van der Waals surface area (Å²) in [6.45, 7) is 4.72. The highest BCUT2D eigenvalue weighted by Crippen LogP contribution is 2.18. The van der Waals surface area contributed by atoms with Gasteiger partial charge in [0.2, 0.25) is 5.91 Å². The first kappa shape index (κ1) is 17.0. The lowest BCUT2D eigenvalue weighted by Crippen LogP contribution is -2.41. The van der Waals surface area contributed by atoms with Crippen LogP contribution in [0.15, 0.2) is 29.2 Å². The Labute approximate surface area is 124 Å². The van der Waals surface area contributed by atoms with Crippen molar-refractivity contribution in [2.75, 3.05) is 12.3 Å². The van der Waals surface area contributed by atoms with Gasteiger partial charge in [-0.05, 0) is 48.8 Å². The van der Waals surface area contributed by atoms with E-state index < -0.39 is 6.04 Å². The summed E-state index contributed by atoms with van der Waals surface area (Å²) < 4.78 is 12.7. The zero-order valence-corrected chi connectivity index (χ0v) is 12.9. The fourth-order valence-corrected chi connectivity index (χ4v) is 2.60. The van der Waals surface area contributed by atoms with Gasteiger partial charge in [-0.15, -0.1) is 11.8 Å². The number of nitrogens with one attached hydrogen (secondary N) is 1. The van der Waals surface area contributed by atoms with E-state index in [1.165, 1.54) is 12.1 Å². The number of benzene rings is 1. The highest BCUT2D eigenvalue weighted by molar-refractivity contribution is 7.99. The van der Waals surface area contributed by atoms with Gasteiger partial charge in [0.1, 0.15) is 5.82 Å². The molecule has 1 atom stereocenters. The Balaban J connectivity index is 2.12. The molecule has 0 spiro atoms. The van der Waals surface area contributed by atoms with E-state index >= 15 is 0 Å². The Kier molecular flexibility index (Phi) is 7.62. The third-order valence-electron chi connectivity index (χ3n) is 2.76. The molecular formula is C15H23FN2OS. The lowest BCUT2D eigenvalue weighted by molar-refractivity contribution is -0.122. The predicted molar refractivity (Wildman–Crippen MR) is 82.2 cm³/mol. The minimum absolute atomic E-state index is 0.0783. The molecule has 3 N–H and O–H groups in total. The number of hydrogen-bond acceptors (Lipinski definition) is 3. The number of amides is 1. The Bertz CT molecular complexity index is 409.